The second-order valence-corrected chi connectivity index (χ2v) is 7.22. The van der Waals surface area contributed by atoms with Gasteiger partial charge in [0.15, 0.2) is 0 Å². The van der Waals surface area contributed by atoms with Crippen LogP contribution in [0.25, 0.3) is 0 Å². The molecule has 1 N–H and O–H groups in total. The van der Waals surface area contributed by atoms with Crippen molar-refractivity contribution in [3.63, 3.8) is 0 Å². The Morgan fingerprint density at radius 3 is 2.71 bits per heavy atom. The number of thioether (sulfide) groups is 1. The van der Waals surface area contributed by atoms with Crippen LogP contribution in [0.4, 0.5) is 20.2 Å². The maximum Gasteiger partial charge on any atom is 0.246 e. The minimum absolute atomic E-state index is 0.0176. The van der Waals surface area contributed by atoms with E-state index in [9.17, 15) is 13.6 Å². The third-order valence-corrected chi connectivity index (χ3v) is 5.09. The summed E-state index contributed by atoms with van der Waals surface area (Å²) in [5.74, 6) is -1.47. The van der Waals surface area contributed by atoms with Crippen LogP contribution in [0.3, 0.4) is 0 Å². The molecule has 0 bridgehead atoms. The fraction of sp³-hybridized carbons (Fsp3) is 0.278. The number of carbonyl (C=O) groups is 1. The molecular formula is C18H18F2N2OS. The van der Waals surface area contributed by atoms with Crippen molar-refractivity contribution >= 4 is 29.0 Å². The molecule has 1 atom stereocenters. The van der Waals surface area contributed by atoms with Crippen LogP contribution < -0.4 is 10.2 Å². The average molecular weight is 348 g/mol. The third kappa shape index (κ3) is 3.87. The van der Waals surface area contributed by atoms with Crippen molar-refractivity contribution in [1.82, 2.24) is 0 Å². The van der Waals surface area contributed by atoms with Crippen molar-refractivity contribution in [3.8, 4) is 0 Å². The third-order valence-electron chi connectivity index (χ3n) is 3.85. The molecule has 3 nitrogen and oxygen atoms in total. The van der Waals surface area contributed by atoms with Gasteiger partial charge in [0.25, 0.3) is 0 Å². The molecule has 0 aliphatic carbocycles. The molecule has 126 valence electrons. The average Bonchev–Trinajstić information content (AvgIpc) is 2.70. The van der Waals surface area contributed by atoms with Gasteiger partial charge >= 0.3 is 0 Å². The van der Waals surface area contributed by atoms with Gasteiger partial charge in [-0.25, -0.2) is 8.78 Å². The fourth-order valence-corrected chi connectivity index (χ4v) is 3.79. The number of hydrogen-bond donors (Lipinski definition) is 1. The highest BCUT2D eigenvalue weighted by atomic mass is 32.2. The number of rotatable bonds is 3. The SMILES string of the molecule is C[C@@H]1CCN(C(=O)CNc2cc(F)cc(F)c2)c2ccccc2S1. The molecule has 3 rings (SSSR count). The van der Waals surface area contributed by atoms with Gasteiger partial charge in [-0.15, -0.1) is 11.8 Å². The predicted molar refractivity (Wildman–Crippen MR) is 93.6 cm³/mol. The van der Waals surface area contributed by atoms with E-state index in [1.165, 1.54) is 12.1 Å². The number of hydrogen-bond acceptors (Lipinski definition) is 3. The van der Waals surface area contributed by atoms with Gasteiger partial charge in [-0.1, -0.05) is 19.1 Å². The van der Waals surface area contributed by atoms with Crippen LogP contribution in [0.1, 0.15) is 13.3 Å². The number of nitrogens with zero attached hydrogens (tertiary/aromatic N) is 1. The molecule has 1 aliphatic heterocycles. The van der Waals surface area contributed by atoms with Crippen LogP contribution in [0.15, 0.2) is 47.4 Å². The molecule has 1 heterocycles. The highest BCUT2D eigenvalue weighted by Crippen LogP contribution is 2.37. The Bertz CT molecular complexity index is 733. The van der Waals surface area contributed by atoms with Crippen molar-refractivity contribution in [2.75, 3.05) is 23.3 Å². The Morgan fingerprint density at radius 1 is 1.25 bits per heavy atom. The second kappa shape index (κ2) is 7.21. The van der Waals surface area contributed by atoms with E-state index in [1.807, 2.05) is 24.3 Å². The van der Waals surface area contributed by atoms with E-state index in [0.29, 0.717) is 11.8 Å². The van der Waals surface area contributed by atoms with Crippen molar-refractivity contribution < 1.29 is 13.6 Å². The quantitative estimate of drug-likeness (QED) is 0.898. The first-order chi connectivity index (χ1) is 11.5. The lowest BCUT2D eigenvalue weighted by molar-refractivity contribution is -0.117. The van der Waals surface area contributed by atoms with Crippen LogP contribution in [-0.4, -0.2) is 24.2 Å². The zero-order chi connectivity index (χ0) is 17.1. The fourth-order valence-electron chi connectivity index (χ4n) is 2.67. The van der Waals surface area contributed by atoms with Crippen molar-refractivity contribution in [2.24, 2.45) is 0 Å². The van der Waals surface area contributed by atoms with Crippen LogP contribution in [0.2, 0.25) is 0 Å². The molecule has 1 amide bonds. The summed E-state index contributed by atoms with van der Waals surface area (Å²) < 4.78 is 26.4. The maximum atomic E-state index is 13.2. The molecule has 0 radical (unpaired) electrons. The standard InChI is InChI=1S/C18H18F2N2OS/c1-12-6-7-22(16-4-2-3-5-17(16)24-12)18(23)11-21-15-9-13(19)8-14(20)10-15/h2-5,8-10,12,21H,6-7,11H2,1H3/t12-/m1/s1. The van der Waals surface area contributed by atoms with Gasteiger partial charge in [0.2, 0.25) is 5.91 Å². The van der Waals surface area contributed by atoms with E-state index in [1.54, 1.807) is 16.7 Å². The monoisotopic (exact) mass is 348 g/mol. The Morgan fingerprint density at radius 2 is 1.96 bits per heavy atom. The van der Waals surface area contributed by atoms with Gasteiger partial charge in [-0.05, 0) is 30.7 Å². The minimum atomic E-state index is -0.671. The largest absolute Gasteiger partial charge is 0.376 e. The van der Waals surface area contributed by atoms with Gasteiger partial charge in [0, 0.05) is 28.4 Å². The molecule has 1 aliphatic rings. The van der Waals surface area contributed by atoms with E-state index in [4.69, 9.17) is 0 Å². The zero-order valence-corrected chi connectivity index (χ0v) is 14.1. The summed E-state index contributed by atoms with van der Waals surface area (Å²) in [5, 5.41) is 3.23. The van der Waals surface area contributed by atoms with Crippen LogP contribution in [0.5, 0.6) is 0 Å². The zero-order valence-electron chi connectivity index (χ0n) is 13.3. The van der Waals surface area contributed by atoms with Gasteiger partial charge < -0.3 is 10.2 Å². The lowest BCUT2D eigenvalue weighted by atomic mass is 10.2. The van der Waals surface area contributed by atoms with E-state index >= 15 is 0 Å². The molecule has 0 fully saturated rings. The van der Waals surface area contributed by atoms with Crippen LogP contribution in [-0.2, 0) is 4.79 Å². The predicted octanol–water partition coefficient (Wildman–Crippen LogP) is 4.29. The lowest BCUT2D eigenvalue weighted by Crippen LogP contribution is -2.36. The van der Waals surface area contributed by atoms with Gasteiger partial charge in [0.1, 0.15) is 11.6 Å². The van der Waals surface area contributed by atoms with Crippen molar-refractivity contribution in [3.05, 3.63) is 54.1 Å². The summed E-state index contributed by atoms with van der Waals surface area (Å²) in [5.41, 5.74) is 1.15. The minimum Gasteiger partial charge on any atom is -0.376 e. The van der Waals surface area contributed by atoms with Crippen LogP contribution >= 0.6 is 11.8 Å². The Kier molecular flexibility index (Phi) is 5.04. The first-order valence-electron chi connectivity index (χ1n) is 7.79. The first kappa shape index (κ1) is 16.8. The molecule has 6 heteroatoms. The molecule has 0 saturated carbocycles. The van der Waals surface area contributed by atoms with Gasteiger partial charge in [0.05, 0.1) is 12.2 Å². The number of halogens is 2. The van der Waals surface area contributed by atoms with E-state index in [-0.39, 0.29) is 18.1 Å². The van der Waals surface area contributed by atoms with Gasteiger partial charge in [-0.2, -0.15) is 0 Å². The molecule has 24 heavy (non-hydrogen) atoms. The number of para-hydroxylation sites is 1. The number of amides is 1. The maximum absolute atomic E-state index is 13.2. The lowest BCUT2D eigenvalue weighted by Gasteiger charge is -2.23. The number of carbonyl (C=O) groups excluding carboxylic acids is 1. The molecule has 0 aromatic heterocycles. The van der Waals surface area contributed by atoms with Crippen molar-refractivity contribution in [1.29, 1.82) is 0 Å². The number of nitrogens with one attached hydrogen (secondary N) is 1. The molecule has 2 aromatic carbocycles. The Labute approximate surface area is 144 Å². The van der Waals surface area contributed by atoms with Crippen molar-refractivity contribution in [2.45, 2.75) is 23.5 Å². The van der Waals surface area contributed by atoms with Crippen LogP contribution in [0, 0.1) is 11.6 Å². The normalized spacial score (nSPS) is 17.1. The summed E-state index contributed by atoms with van der Waals surface area (Å²) >= 11 is 1.76. The summed E-state index contributed by atoms with van der Waals surface area (Å²) in [6.07, 6.45) is 0.889. The number of fused-ring (bicyclic) bond motifs is 1. The highest BCUT2D eigenvalue weighted by Gasteiger charge is 2.23. The smallest absolute Gasteiger partial charge is 0.246 e. The van der Waals surface area contributed by atoms with E-state index < -0.39 is 11.6 Å². The molecule has 0 saturated heterocycles. The summed E-state index contributed by atoms with van der Waals surface area (Å²) in [6.45, 7) is 2.75. The Balaban J connectivity index is 1.75. The number of benzene rings is 2. The summed E-state index contributed by atoms with van der Waals surface area (Å²) in [4.78, 5) is 15.5. The van der Waals surface area contributed by atoms with E-state index in [0.717, 1.165) is 23.1 Å². The summed E-state index contributed by atoms with van der Waals surface area (Å²) in [6, 6.07) is 11.0. The summed E-state index contributed by atoms with van der Waals surface area (Å²) in [7, 11) is 0. The topological polar surface area (TPSA) is 32.3 Å². The molecule has 0 spiro atoms. The highest BCUT2D eigenvalue weighted by molar-refractivity contribution is 8.00. The Hall–Kier alpha value is -2.08. The molecule has 0 unspecified atom stereocenters. The van der Waals surface area contributed by atoms with Gasteiger partial charge in [-0.3, -0.25) is 4.79 Å². The number of anilines is 2. The first-order valence-corrected chi connectivity index (χ1v) is 8.67. The molecule has 2 aromatic rings. The molecular weight excluding hydrogens is 330 g/mol. The second-order valence-electron chi connectivity index (χ2n) is 5.74. The van der Waals surface area contributed by atoms with E-state index in [2.05, 4.69) is 12.2 Å².